The maximum Gasteiger partial charge on any atom is 0.0537 e. The van der Waals surface area contributed by atoms with Gasteiger partial charge in [-0.25, -0.2) is 0 Å². The van der Waals surface area contributed by atoms with Crippen LogP contribution >= 0.6 is 0 Å². The van der Waals surface area contributed by atoms with E-state index in [1.54, 1.807) is 0 Å². The van der Waals surface area contributed by atoms with Crippen molar-refractivity contribution < 1.29 is 0 Å². The highest BCUT2D eigenvalue weighted by Gasteiger charge is 2.23. The summed E-state index contributed by atoms with van der Waals surface area (Å²) in [6.45, 7) is 3.29. The summed E-state index contributed by atoms with van der Waals surface area (Å²) in [6, 6.07) is 1.46. The van der Waals surface area contributed by atoms with E-state index in [-0.39, 0.29) is 0 Å². The standard InChI is InChI=1S/C16H27N3/c1-2-6-16-13(11-17-14-9-10-14)12-18-19(16)15-7-4-3-5-8-15/h12,14-15,17H,2-11H2,1H3. The molecule has 0 radical (unpaired) electrons. The predicted molar refractivity (Wildman–Crippen MR) is 78.2 cm³/mol. The van der Waals surface area contributed by atoms with Gasteiger partial charge in [0.1, 0.15) is 0 Å². The molecule has 1 heterocycles. The monoisotopic (exact) mass is 261 g/mol. The van der Waals surface area contributed by atoms with Gasteiger partial charge in [0.2, 0.25) is 0 Å². The van der Waals surface area contributed by atoms with Crippen molar-refractivity contribution in [1.82, 2.24) is 15.1 Å². The summed E-state index contributed by atoms with van der Waals surface area (Å²) in [4.78, 5) is 0. The minimum Gasteiger partial charge on any atom is -0.310 e. The van der Waals surface area contributed by atoms with Crippen LogP contribution in [0, 0.1) is 0 Å². The quantitative estimate of drug-likeness (QED) is 0.848. The number of hydrogen-bond donors (Lipinski definition) is 1. The molecule has 1 aromatic heterocycles. The molecule has 2 saturated carbocycles. The van der Waals surface area contributed by atoms with Gasteiger partial charge < -0.3 is 5.32 Å². The summed E-state index contributed by atoms with van der Waals surface area (Å²) in [5.74, 6) is 0. The second-order valence-electron chi connectivity index (χ2n) is 6.26. The summed E-state index contributed by atoms with van der Waals surface area (Å²) in [5.41, 5.74) is 2.95. The Bertz CT molecular complexity index is 400. The molecule has 1 aromatic rings. The van der Waals surface area contributed by atoms with Crippen molar-refractivity contribution >= 4 is 0 Å². The second kappa shape index (κ2) is 6.08. The summed E-state index contributed by atoms with van der Waals surface area (Å²) in [7, 11) is 0. The third-order valence-electron chi connectivity index (χ3n) is 4.55. The molecule has 1 N–H and O–H groups in total. The molecule has 0 spiro atoms. The fraction of sp³-hybridized carbons (Fsp3) is 0.812. The summed E-state index contributed by atoms with van der Waals surface area (Å²) in [5, 5.41) is 8.37. The molecule has 0 bridgehead atoms. The Morgan fingerprint density at radius 2 is 2.00 bits per heavy atom. The Labute approximate surface area is 116 Å². The first-order valence-electron chi connectivity index (χ1n) is 8.17. The Morgan fingerprint density at radius 3 is 2.68 bits per heavy atom. The minimum absolute atomic E-state index is 0.671. The molecular weight excluding hydrogens is 234 g/mol. The van der Waals surface area contributed by atoms with Crippen LogP contribution in [-0.4, -0.2) is 15.8 Å². The summed E-state index contributed by atoms with van der Waals surface area (Å²) >= 11 is 0. The average Bonchev–Trinajstić information content (AvgIpc) is 3.20. The van der Waals surface area contributed by atoms with Gasteiger partial charge in [-0.15, -0.1) is 0 Å². The maximum atomic E-state index is 4.73. The van der Waals surface area contributed by atoms with E-state index >= 15 is 0 Å². The number of nitrogens with one attached hydrogen (secondary N) is 1. The van der Waals surface area contributed by atoms with E-state index in [4.69, 9.17) is 5.10 Å². The summed E-state index contributed by atoms with van der Waals surface area (Å²) < 4.78 is 2.37. The third-order valence-corrected chi connectivity index (χ3v) is 4.55. The van der Waals surface area contributed by atoms with Gasteiger partial charge in [0.05, 0.1) is 12.2 Å². The number of aromatic nitrogens is 2. The molecule has 0 saturated heterocycles. The lowest BCUT2D eigenvalue weighted by Gasteiger charge is -2.24. The molecule has 0 atom stereocenters. The molecule has 2 fully saturated rings. The van der Waals surface area contributed by atoms with E-state index in [9.17, 15) is 0 Å². The molecular formula is C16H27N3. The zero-order chi connectivity index (χ0) is 13.1. The lowest BCUT2D eigenvalue weighted by atomic mass is 9.95. The second-order valence-corrected chi connectivity index (χ2v) is 6.26. The highest BCUT2D eigenvalue weighted by molar-refractivity contribution is 5.19. The van der Waals surface area contributed by atoms with Crippen molar-refractivity contribution in [3.8, 4) is 0 Å². The zero-order valence-electron chi connectivity index (χ0n) is 12.2. The number of nitrogens with zero attached hydrogens (tertiary/aromatic N) is 2. The Hall–Kier alpha value is -0.830. The largest absolute Gasteiger partial charge is 0.310 e. The van der Waals surface area contributed by atoms with E-state index in [1.165, 1.54) is 69.0 Å². The van der Waals surface area contributed by atoms with Crippen LogP contribution in [0.5, 0.6) is 0 Å². The zero-order valence-corrected chi connectivity index (χ0v) is 12.2. The van der Waals surface area contributed by atoms with E-state index in [1.807, 2.05) is 0 Å². The molecule has 2 aliphatic rings. The van der Waals surface area contributed by atoms with Crippen LogP contribution in [0.4, 0.5) is 0 Å². The summed E-state index contributed by atoms with van der Waals surface area (Å²) in [6.07, 6.45) is 14.1. The third kappa shape index (κ3) is 3.19. The van der Waals surface area contributed by atoms with Crippen molar-refractivity contribution in [2.75, 3.05) is 0 Å². The molecule has 106 valence electrons. The topological polar surface area (TPSA) is 29.9 Å². The van der Waals surface area contributed by atoms with Crippen LogP contribution in [0.3, 0.4) is 0 Å². The van der Waals surface area contributed by atoms with Crippen molar-refractivity contribution in [2.24, 2.45) is 0 Å². The van der Waals surface area contributed by atoms with Gasteiger partial charge in [0.25, 0.3) is 0 Å². The number of rotatable bonds is 6. The van der Waals surface area contributed by atoms with Crippen LogP contribution in [0.2, 0.25) is 0 Å². The molecule has 0 amide bonds. The normalized spacial score (nSPS) is 20.9. The van der Waals surface area contributed by atoms with Crippen molar-refractivity contribution in [3.63, 3.8) is 0 Å². The van der Waals surface area contributed by atoms with Gasteiger partial charge in [-0.3, -0.25) is 4.68 Å². The van der Waals surface area contributed by atoms with Crippen LogP contribution in [0.25, 0.3) is 0 Å². The van der Waals surface area contributed by atoms with Crippen LogP contribution in [0.15, 0.2) is 6.20 Å². The molecule has 0 aliphatic heterocycles. The lowest BCUT2D eigenvalue weighted by Crippen LogP contribution is -2.19. The maximum absolute atomic E-state index is 4.73. The first kappa shape index (κ1) is 13.2. The lowest BCUT2D eigenvalue weighted by molar-refractivity contribution is 0.321. The van der Waals surface area contributed by atoms with Gasteiger partial charge >= 0.3 is 0 Å². The molecule has 3 rings (SSSR count). The van der Waals surface area contributed by atoms with E-state index < -0.39 is 0 Å². The van der Waals surface area contributed by atoms with Gasteiger partial charge in [0.15, 0.2) is 0 Å². The Kier molecular flexibility index (Phi) is 4.21. The Morgan fingerprint density at radius 1 is 1.21 bits per heavy atom. The fourth-order valence-corrected chi connectivity index (χ4v) is 3.26. The van der Waals surface area contributed by atoms with Crippen LogP contribution < -0.4 is 5.32 Å². The average molecular weight is 261 g/mol. The Balaban J connectivity index is 1.73. The van der Waals surface area contributed by atoms with Gasteiger partial charge in [0, 0.05) is 23.8 Å². The highest BCUT2D eigenvalue weighted by Crippen LogP contribution is 2.30. The van der Waals surface area contributed by atoms with Crippen LogP contribution in [-0.2, 0) is 13.0 Å². The molecule has 3 heteroatoms. The first-order valence-corrected chi connectivity index (χ1v) is 8.17. The first-order chi connectivity index (χ1) is 9.38. The fourth-order valence-electron chi connectivity index (χ4n) is 3.26. The highest BCUT2D eigenvalue weighted by atomic mass is 15.3. The number of hydrogen-bond acceptors (Lipinski definition) is 2. The van der Waals surface area contributed by atoms with E-state index in [0.717, 1.165) is 12.6 Å². The van der Waals surface area contributed by atoms with Crippen molar-refractivity contribution in [3.05, 3.63) is 17.5 Å². The van der Waals surface area contributed by atoms with Gasteiger partial charge in [-0.05, 0) is 32.1 Å². The molecule has 19 heavy (non-hydrogen) atoms. The van der Waals surface area contributed by atoms with Crippen molar-refractivity contribution in [1.29, 1.82) is 0 Å². The van der Waals surface area contributed by atoms with E-state index in [0.29, 0.717) is 6.04 Å². The molecule has 0 aromatic carbocycles. The predicted octanol–water partition coefficient (Wildman–Crippen LogP) is 3.59. The van der Waals surface area contributed by atoms with Crippen LogP contribution in [0.1, 0.15) is 75.6 Å². The van der Waals surface area contributed by atoms with Gasteiger partial charge in [-0.2, -0.15) is 5.10 Å². The van der Waals surface area contributed by atoms with E-state index in [2.05, 4.69) is 23.1 Å². The van der Waals surface area contributed by atoms with Crippen molar-refractivity contribution in [2.45, 2.75) is 83.3 Å². The smallest absolute Gasteiger partial charge is 0.0537 e. The molecule has 3 nitrogen and oxygen atoms in total. The molecule has 0 unspecified atom stereocenters. The SMILES string of the molecule is CCCc1c(CNC2CC2)cnn1C1CCCCC1. The molecule has 2 aliphatic carbocycles. The van der Waals surface area contributed by atoms with Gasteiger partial charge in [-0.1, -0.05) is 32.6 Å². The minimum atomic E-state index is 0.671.